The van der Waals surface area contributed by atoms with Crippen LogP contribution in [0.1, 0.15) is 5.69 Å². The fourth-order valence-electron chi connectivity index (χ4n) is 2.08. The summed E-state index contributed by atoms with van der Waals surface area (Å²) in [4.78, 5) is 4.66. The van der Waals surface area contributed by atoms with Crippen molar-refractivity contribution in [3.63, 3.8) is 0 Å². The number of hydrogen-bond donors (Lipinski definition) is 1. The summed E-state index contributed by atoms with van der Waals surface area (Å²) < 4.78 is 2.22. The van der Waals surface area contributed by atoms with Gasteiger partial charge in [0.05, 0.1) is 11.4 Å². The average molecular weight is 266 g/mol. The molecule has 3 nitrogen and oxygen atoms in total. The molecular weight excluding hydrogens is 254 g/mol. The molecule has 1 aromatic carbocycles. The molecule has 2 heterocycles. The number of halogens is 1. The van der Waals surface area contributed by atoms with Crippen LogP contribution in [-0.2, 0) is 13.1 Å². The number of thioether (sulfide) groups is 1. The van der Waals surface area contributed by atoms with Gasteiger partial charge in [0.1, 0.15) is 0 Å². The summed E-state index contributed by atoms with van der Waals surface area (Å²) in [7, 11) is 0. The minimum atomic E-state index is 0.519. The van der Waals surface area contributed by atoms with E-state index in [1.807, 2.05) is 24.3 Å². The molecule has 3 rings (SSSR count). The summed E-state index contributed by atoms with van der Waals surface area (Å²) in [5.74, 6) is 1.09. The molecule has 2 aromatic rings. The summed E-state index contributed by atoms with van der Waals surface area (Å²) in [5, 5.41) is 1.82. The highest BCUT2D eigenvalue weighted by Gasteiger charge is 2.21. The van der Waals surface area contributed by atoms with Crippen molar-refractivity contribution in [3.05, 3.63) is 35.0 Å². The van der Waals surface area contributed by atoms with E-state index < -0.39 is 0 Å². The molecule has 1 aliphatic heterocycles. The fraction of sp³-hybridized carbons (Fsp3) is 0.250. The topological polar surface area (TPSA) is 43.8 Å². The quantitative estimate of drug-likeness (QED) is 0.908. The molecule has 1 aliphatic rings. The van der Waals surface area contributed by atoms with Gasteiger partial charge in [-0.1, -0.05) is 35.5 Å². The summed E-state index contributed by atoms with van der Waals surface area (Å²) >= 11 is 7.68. The van der Waals surface area contributed by atoms with Crippen LogP contribution in [0.2, 0.25) is 5.02 Å². The van der Waals surface area contributed by atoms with Gasteiger partial charge in [0.25, 0.3) is 0 Å². The van der Waals surface area contributed by atoms with Crippen molar-refractivity contribution < 1.29 is 0 Å². The molecule has 0 aliphatic carbocycles. The van der Waals surface area contributed by atoms with Crippen LogP contribution in [0.15, 0.2) is 29.4 Å². The van der Waals surface area contributed by atoms with E-state index in [0.717, 1.165) is 39.4 Å². The Morgan fingerprint density at radius 3 is 2.82 bits per heavy atom. The molecule has 0 bridgehead atoms. The summed E-state index contributed by atoms with van der Waals surface area (Å²) in [6, 6.07) is 7.75. The molecule has 0 unspecified atom stereocenters. The van der Waals surface area contributed by atoms with E-state index in [1.165, 1.54) is 0 Å². The zero-order valence-electron chi connectivity index (χ0n) is 9.19. The predicted molar refractivity (Wildman–Crippen MR) is 71.3 cm³/mol. The predicted octanol–water partition coefficient (Wildman–Crippen LogP) is 2.77. The number of hydrogen-bond acceptors (Lipinski definition) is 3. The first-order chi connectivity index (χ1) is 8.29. The lowest BCUT2D eigenvalue weighted by Gasteiger charge is -2.04. The molecule has 2 N–H and O–H groups in total. The largest absolute Gasteiger partial charge is 0.325 e. The Morgan fingerprint density at radius 2 is 2.12 bits per heavy atom. The van der Waals surface area contributed by atoms with Gasteiger partial charge in [0, 0.05) is 29.4 Å². The number of benzene rings is 1. The van der Waals surface area contributed by atoms with Crippen LogP contribution in [0.3, 0.4) is 0 Å². The van der Waals surface area contributed by atoms with Crippen LogP contribution in [0.4, 0.5) is 0 Å². The minimum absolute atomic E-state index is 0.519. The Labute approximate surface area is 109 Å². The lowest BCUT2D eigenvalue weighted by atomic mass is 10.1. The molecule has 0 spiro atoms. The summed E-state index contributed by atoms with van der Waals surface area (Å²) in [6.07, 6.45) is 0. The first-order valence-corrected chi connectivity index (χ1v) is 6.84. The van der Waals surface area contributed by atoms with Crippen molar-refractivity contribution in [2.45, 2.75) is 18.2 Å². The van der Waals surface area contributed by atoms with E-state index in [1.54, 1.807) is 11.8 Å². The van der Waals surface area contributed by atoms with Crippen LogP contribution in [0, 0.1) is 0 Å². The van der Waals surface area contributed by atoms with Crippen LogP contribution >= 0.6 is 23.4 Å². The highest BCUT2D eigenvalue weighted by atomic mass is 35.5. The third-order valence-corrected chi connectivity index (χ3v) is 4.10. The van der Waals surface area contributed by atoms with E-state index >= 15 is 0 Å². The average Bonchev–Trinajstić information content (AvgIpc) is 2.89. The van der Waals surface area contributed by atoms with Gasteiger partial charge in [-0.2, -0.15) is 0 Å². The molecule has 0 amide bonds. The van der Waals surface area contributed by atoms with Crippen LogP contribution in [0.5, 0.6) is 0 Å². The summed E-state index contributed by atoms with van der Waals surface area (Å²) in [5.41, 5.74) is 9.03. The summed E-state index contributed by atoms with van der Waals surface area (Å²) in [6.45, 7) is 1.53. The maximum Gasteiger partial charge on any atom is 0.168 e. The number of nitrogens with zero attached hydrogens (tertiary/aromatic N) is 2. The van der Waals surface area contributed by atoms with Gasteiger partial charge in [-0.15, -0.1) is 0 Å². The normalized spacial score (nSPS) is 14.0. The van der Waals surface area contributed by atoms with Crippen molar-refractivity contribution >= 4 is 23.4 Å². The highest BCUT2D eigenvalue weighted by molar-refractivity contribution is 7.99. The molecule has 0 saturated carbocycles. The Bertz CT molecular complexity index is 548. The number of rotatable bonds is 2. The molecule has 0 radical (unpaired) electrons. The highest BCUT2D eigenvalue weighted by Crippen LogP contribution is 2.33. The second kappa shape index (κ2) is 4.37. The number of aromatic nitrogens is 2. The smallest absolute Gasteiger partial charge is 0.168 e. The zero-order valence-corrected chi connectivity index (χ0v) is 10.8. The molecule has 88 valence electrons. The number of nitrogens with two attached hydrogens (primary N) is 1. The lowest BCUT2D eigenvalue weighted by molar-refractivity contribution is 0.678. The Kier molecular flexibility index (Phi) is 2.86. The molecule has 17 heavy (non-hydrogen) atoms. The van der Waals surface area contributed by atoms with Gasteiger partial charge in [-0.3, -0.25) is 0 Å². The molecule has 0 saturated heterocycles. The van der Waals surface area contributed by atoms with Gasteiger partial charge in [-0.25, -0.2) is 4.98 Å². The van der Waals surface area contributed by atoms with Crippen LogP contribution in [-0.4, -0.2) is 15.3 Å². The number of fused-ring (bicyclic) bond motifs is 1. The molecule has 1 aromatic heterocycles. The van der Waals surface area contributed by atoms with E-state index in [0.29, 0.717) is 6.54 Å². The Balaban J connectivity index is 2.11. The van der Waals surface area contributed by atoms with Gasteiger partial charge in [-0.05, 0) is 12.1 Å². The first-order valence-electron chi connectivity index (χ1n) is 5.48. The second-order valence-electron chi connectivity index (χ2n) is 3.90. The molecule has 5 heteroatoms. The monoisotopic (exact) mass is 265 g/mol. The molecular formula is C12H12ClN3S. The zero-order chi connectivity index (χ0) is 11.8. The third-order valence-electron chi connectivity index (χ3n) is 2.89. The van der Waals surface area contributed by atoms with E-state index in [9.17, 15) is 0 Å². The van der Waals surface area contributed by atoms with Crippen LogP contribution in [0.25, 0.3) is 11.3 Å². The maximum absolute atomic E-state index is 5.89. The van der Waals surface area contributed by atoms with Crippen molar-refractivity contribution in [3.8, 4) is 11.3 Å². The molecule has 0 atom stereocenters. The van der Waals surface area contributed by atoms with Crippen molar-refractivity contribution in [1.82, 2.24) is 9.55 Å². The van der Waals surface area contributed by atoms with Gasteiger partial charge < -0.3 is 10.3 Å². The fourth-order valence-corrected chi connectivity index (χ4v) is 3.17. The van der Waals surface area contributed by atoms with Crippen molar-refractivity contribution in [2.24, 2.45) is 5.73 Å². The SMILES string of the molecule is NCc1c(-c2ccc(Cl)cc2)nc2n1CCS2. The van der Waals surface area contributed by atoms with Crippen molar-refractivity contribution in [2.75, 3.05) is 5.75 Å². The third kappa shape index (κ3) is 1.86. The Morgan fingerprint density at radius 1 is 1.35 bits per heavy atom. The standard InChI is InChI=1S/C12H12ClN3S/c13-9-3-1-8(2-4-9)11-10(7-14)16-5-6-17-12(16)15-11/h1-4H,5-7,14H2. The van der Waals surface area contributed by atoms with E-state index in [2.05, 4.69) is 9.55 Å². The van der Waals surface area contributed by atoms with Gasteiger partial charge in [0.2, 0.25) is 0 Å². The second-order valence-corrected chi connectivity index (χ2v) is 5.40. The van der Waals surface area contributed by atoms with E-state index in [4.69, 9.17) is 17.3 Å². The van der Waals surface area contributed by atoms with Crippen LogP contribution < -0.4 is 5.73 Å². The van der Waals surface area contributed by atoms with Crippen molar-refractivity contribution in [1.29, 1.82) is 0 Å². The lowest BCUT2D eigenvalue weighted by Crippen LogP contribution is -2.07. The van der Waals surface area contributed by atoms with E-state index in [-0.39, 0.29) is 0 Å². The van der Waals surface area contributed by atoms with Gasteiger partial charge in [0.15, 0.2) is 5.16 Å². The number of imidazole rings is 1. The molecule has 0 fully saturated rings. The Hall–Kier alpha value is -0.970. The minimum Gasteiger partial charge on any atom is -0.325 e. The van der Waals surface area contributed by atoms with Gasteiger partial charge >= 0.3 is 0 Å². The maximum atomic E-state index is 5.89. The first kappa shape index (κ1) is 11.1.